The molecule has 0 fully saturated rings. The number of benzene rings is 1. The molecule has 0 aliphatic heterocycles. The zero-order chi connectivity index (χ0) is 10.7. The molecule has 2 N–H and O–H groups in total. The van der Waals surface area contributed by atoms with E-state index >= 15 is 0 Å². The lowest BCUT2D eigenvalue weighted by atomic mass is 10.0. The molecule has 3 heteroatoms. The Morgan fingerprint density at radius 3 is 2.50 bits per heavy atom. The fourth-order valence-electron chi connectivity index (χ4n) is 1.33. The summed E-state index contributed by atoms with van der Waals surface area (Å²) in [5.74, 6) is 0.0218. The molecule has 0 bridgehead atoms. The molecule has 78 valence electrons. The number of rotatable bonds is 3. The van der Waals surface area contributed by atoms with Crippen molar-refractivity contribution in [1.29, 1.82) is 0 Å². The normalized spacial score (nSPS) is 12.6. The van der Waals surface area contributed by atoms with Gasteiger partial charge < -0.3 is 10.6 Å². The highest BCUT2D eigenvalue weighted by molar-refractivity contribution is 5.48. The van der Waals surface area contributed by atoms with Gasteiger partial charge in [-0.25, -0.2) is 4.39 Å². The van der Waals surface area contributed by atoms with Gasteiger partial charge in [0.2, 0.25) is 0 Å². The largest absolute Gasteiger partial charge is 0.375 e. The van der Waals surface area contributed by atoms with Gasteiger partial charge >= 0.3 is 0 Å². The van der Waals surface area contributed by atoms with Crippen LogP contribution in [0.15, 0.2) is 18.2 Å². The molecule has 0 heterocycles. The van der Waals surface area contributed by atoms with Crippen LogP contribution in [0.2, 0.25) is 0 Å². The second-order valence-electron chi connectivity index (χ2n) is 3.74. The third-order valence-corrected chi connectivity index (χ3v) is 2.38. The zero-order valence-corrected chi connectivity index (χ0v) is 8.92. The Balaban J connectivity index is 3.00. The number of hydrogen-bond acceptors (Lipinski definition) is 2. The molecule has 1 aromatic rings. The molecule has 1 aromatic carbocycles. The molecular weight excluding hydrogens is 179 g/mol. The number of hydrogen-bond donors (Lipinski definition) is 1. The molecule has 0 radical (unpaired) electrons. The maximum atomic E-state index is 13.5. The highest BCUT2D eigenvalue weighted by atomic mass is 19.1. The zero-order valence-electron chi connectivity index (χ0n) is 8.92. The van der Waals surface area contributed by atoms with Crippen molar-refractivity contribution in [2.24, 2.45) is 5.73 Å². The summed E-state index contributed by atoms with van der Waals surface area (Å²) in [6, 6.07) is 5.28. The Labute approximate surface area is 84.5 Å². The Morgan fingerprint density at radius 1 is 1.43 bits per heavy atom. The lowest BCUT2D eigenvalue weighted by molar-refractivity contribution is 0.620. The maximum absolute atomic E-state index is 13.5. The van der Waals surface area contributed by atoms with Gasteiger partial charge in [-0.2, -0.15) is 0 Å². The summed E-state index contributed by atoms with van der Waals surface area (Å²) in [4.78, 5) is 1.76. The second-order valence-corrected chi connectivity index (χ2v) is 3.74. The van der Waals surface area contributed by atoms with Gasteiger partial charge in [-0.05, 0) is 30.2 Å². The van der Waals surface area contributed by atoms with Gasteiger partial charge in [0.25, 0.3) is 0 Å². The highest BCUT2D eigenvalue weighted by Gasteiger charge is 2.08. The summed E-state index contributed by atoms with van der Waals surface area (Å²) >= 11 is 0. The molecule has 0 aliphatic rings. The fourth-order valence-corrected chi connectivity index (χ4v) is 1.33. The third kappa shape index (κ3) is 2.23. The Morgan fingerprint density at radius 2 is 2.07 bits per heavy atom. The second kappa shape index (κ2) is 4.42. The van der Waals surface area contributed by atoms with Crippen molar-refractivity contribution in [2.45, 2.75) is 12.8 Å². The standard InChI is InChI=1S/C11H17FN2/c1-8(7-13)9-4-5-11(14(2)3)10(12)6-9/h4-6,8H,7,13H2,1-3H3. The first-order valence-electron chi connectivity index (χ1n) is 4.73. The third-order valence-electron chi connectivity index (χ3n) is 2.38. The molecule has 2 nitrogen and oxygen atoms in total. The molecule has 0 spiro atoms. The first-order valence-corrected chi connectivity index (χ1v) is 4.73. The van der Waals surface area contributed by atoms with Crippen LogP contribution >= 0.6 is 0 Å². The Bertz CT molecular complexity index is 310. The first kappa shape index (κ1) is 11.0. The molecule has 14 heavy (non-hydrogen) atoms. The molecular formula is C11H17FN2. The van der Waals surface area contributed by atoms with Crippen molar-refractivity contribution in [3.8, 4) is 0 Å². The van der Waals surface area contributed by atoms with Crippen LogP contribution in [0.5, 0.6) is 0 Å². The highest BCUT2D eigenvalue weighted by Crippen LogP contribution is 2.22. The smallest absolute Gasteiger partial charge is 0.146 e. The van der Waals surface area contributed by atoms with E-state index in [9.17, 15) is 4.39 Å². The van der Waals surface area contributed by atoms with E-state index in [2.05, 4.69) is 0 Å². The van der Waals surface area contributed by atoms with Crippen molar-refractivity contribution in [1.82, 2.24) is 0 Å². The van der Waals surface area contributed by atoms with Gasteiger partial charge in [-0.1, -0.05) is 13.0 Å². The van der Waals surface area contributed by atoms with E-state index in [0.717, 1.165) is 5.56 Å². The topological polar surface area (TPSA) is 29.3 Å². The molecule has 0 aliphatic carbocycles. The average molecular weight is 196 g/mol. The summed E-state index contributed by atoms with van der Waals surface area (Å²) in [7, 11) is 3.65. The van der Waals surface area contributed by atoms with Gasteiger partial charge in [-0.15, -0.1) is 0 Å². The van der Waals surface area contributed by atoms with Crippen molar-refractivity contribution < 1.29 is 4.39 Å². The minimum atomic E-state index is -0.187. The van der Waals surface area contributed by atoms with E-state index < -0.39 is 0 Å². The van der Waals surface area contributed by atoms with Crippen LogP contribution in [0.4, 0.5) is 10.1 Å². The monoisotopic (exact) mass is 196 g/mol. The minimum absolute atomic E-state index is 0.187. The number of halogens is 1. The number of nitrogens with zero attached hydrogens (tertiary/aromatic N) is 1. The molecule has 1 atom stereocenters. The fraction of sp³-hybridized carbons (Fsp3) is 0.455. The summed E-state index contributed by atoms with van der Waals surface area (Å²) in [5.41, 5.74) is 7.08. The summed E-state index contributed by atoms with van der Waals surface area (Å²) in [6.45, 7) is 2.53. The molecule has 1 unspecified atom stereocenters. The van der Waals surface area contributed by atoms with Crippen LogP contribution in [-0.4, -0.2) is 20.6 Å². The van der Waals surface area contributed by atoms with E-state index in [0.29, 0.717) is 12.2 Å². The van der Waals surface area contributed by atoms with Crippen molar-refractivity contribution in [2.75, 3.05) is 25.5 Å². The lowest BCUT2D eigenvalue weighted by Crippen LogP contribution is -2.12. The molecule has 0 saturated heterocycles. The van der Waals surface area contributed by atoms with Gasteiger partial charge in [-0.3, -0.25) is 0 Å². The van der Waals surface area contributed by atoms with Crippen LogP contribution in [0.3, 0.4) is 0 Å². The predicted molar refractivity (Wildman–Crippen MR) is 58.2 cm³/mol. The van der Waals surface area contributed by atoms with Gasteiger partial charge in [0, 0.05) is 14.1 Å². The predicted octanol–water partition coefficient (Wildman–Crippen LogP) is 1.95. The average Bonchev–Trinajstić information content (AvgIpc) is 2.15. The Kier molecular flexibility index (Phi) is 3.47. The number of nitrogens with two attached hydrogens (primary N) is 1. The van der Waals surface area contributed by atoms with Crippen molar-refractivity contribution in [3.63, 3.8) is 0 Å². The molecule has 0 saturated carbocycles. The van der Waals surface area contributed by atoms with E-state index in [-0.39, 0.29) is 11.7 Å². The van der Waals surface area contributed by atoms with Gasteiger partial charge in [0.15, 0.2) is 0 Å². The molecule has 0 aromatic heterocycles. The summed E-state index contributed by atoms with van der Waals surface area (Å²) < 4.78 is 13.5. The van der Waals surface area contributed by atoms with Gasteiger partial charge in [0.05, 0.1) is 5.69 Å². The summed E-state index contributed by atoms with van der Waals surface area (Å²) in [5, 5.41) is 0. The Hall–Kier alpha value is -1.09. The van der Waals surface area contributed by atoms with E-state index in [1.54, 1.807) is 17.0 Å². The van der Waals surface area contributed by atoms with Gasteiger partial charge in [0.1, 0.15) is 5.82 Å². The molecule has 1 rings (SSSR count). The minimum Gasteiger partial charge on any atom is -0.375 e. The molecule has 0 amide bonds. The van der Waals surface area contributed by atoms with Crippen LogP contribution in [0.1, 0.15) is 18.4 Å². The van der Waals surface area contributed by atoms with E-state index in [1.807, 2.05) is 27.1 Å². The van der Waals surface area contributed by atoms with E-state index in [4.69, 9.17) is 5.73 Å². The van der Waals surface area contributed by atoms with Crippen LogP contribution in [-0.2, 0) is 0 Å². The summed E-state index contributed by atoms with van der Waals surface area (Å²) in [6.07, 6.45) is 0. The van der Waals surface area contributed by atoms with Crippen LogP contribution in [0, 0.1) is 5.82 Å². The SMILES string of the molecule is CC(CN)c1ccc(N(C)C)c(F)c1. The number of anilines is 1. The van der Waals surface area contributed by atoms with Crippen LogP contribution in [0.25, 0.3) is 0 Å². The lowest BCUT2D eigenvalue weighted by Gasteiger charge is -2.16. The van der Waals surface area contributed by atoms with Crippen molar-refractivity contribution >= 4 is 5.69 Å². The van der Waals surface area contributed by atoms with Crippen LogP contribution < -0.4 is 10.6 Å². The maximum Gasteiger partial charge on any atom is 0.146 e. The quantitative estimate of drug-likeness (QED) is 0.800. The first-order chi connectivity index (χ1) is 6.56. The van der Waals surface area contributed by atoms with E-state index in [1.165, 1.54) is 0 Å². The van der Waals surface area contributed by atoms with Crippen molar-refractivity contribution in [3.05, 3.63) is 29.6 Å².